The third-order valence-electron chi connectivity index (χ3n) is 3.30. The maximum absolute atomic E-state index is 13.5. The minimum Gasteiger partial charge on any atom is -0.374 e. The monoisotopic (exact) mass is 347 g/mol. The normalized spacial score (nSPS) is 16.3. The van der Waals surface area contributed by atoms with Gasteiger partial charge in [-0.2, -0.15) is 0 Å². The van der Waals surface area contributed by atoms with Crippen molar-refractivity contribution in [1.82, 2.24) is 9.80 Å². The van der Waals surface area contributed by atoms with E-state index in [1.165, 1.54) is 6.07 Å². The molecule has 0 unspecified atom stereocenters. The number of nitrogens with one attached hydrogen (secondary N) is 1. The Hall–Kier alpha value is -1.21. The zero-order chi connectivity index (χ0) is 14.7. The van der Waals surface area contributed by atoms with Gasteiger partial charge in [-0.05, 0) is 29.0 Å². The van der Waals surface area contributed by atoms with Crippen LogP contribution in [0.1, 0.15) is 0 Å². The van der Waals surface area contributed by atoms with E-state index in [0.717, 1.165) is 19.2 Å². The lowest BCUT2D eigenvalue weighted by Gasteiger charge is -2.32. The van der Waals surface area contributed by atoms with Crippen molar-refractivity contribution in [3.8, 4) is 0 Å². The SMILES string of the molecule is CN1CCN(C(=O)CNc2cc(Br)c(F)cc2F)CC1. The number of hydrogen-bond donors (Lipinski definition) is 1. The Morgan fingerprint density at radius 1 is 1.25 bits per heavy atom. The van der Waals surface area contributed by atoms with Gasteiger partial charge in [-0.1, -0.05) is 0 Å². The second kappa shape index (κ2) is 6.49. The van der Waals surface area contributed by atoms with Crippen molar-refractivity contribution >= 4 is 27.5 Å². The van der Waals surface area contributed by atoms with Crippen molar-refractivity contribution in [2.24, 2.45) is 0 Å². The van der Waals surface area contributed by atoms with Gasteiger partial charge in [0.05, 0.1) is 16.7 Å². The van der Waals surface area contributed by atoms with Gasteiger partial charge in [0.25, 0.3) is 0 Å². The van der Waals surface area contributed by atoms with Crippen molar-refractivity contribution in [3.63, 3.8) is 0 Å². The highest BCUT2D eigenvalue weighted by Crippen LogP contribution is 2.23. The first kappa shape index (κ1) is 15.2. The van der Waals surface area contributed by atoms with E-state index in [1.54, 1.807) is 4.90 Å². The molecular formula is C13H16BrF2N3O. The number of amides is 1. The Morgan fingerprint density at radius 2 is 1.90 bits per heavy atom. The molecule has 0 aromatic heterocycles. The van der Waals surface area contributed by atoms with E-state index in [-0.39, 0.29) is 22.6 Å². The van der Waals surface area contributed by atoms with Crippen LogP contribution in [0.15, 0.2) is 16.6 Å². The van der Waals surface area contributed by atoms with Crippen LogP contribution in [-0.2, 0) is 4.79 Å². The van der Waals surface area contributed by atoms with Gasteiger partial charge < -0.3 is 15.1 Å². The predicted octanol–water partition coefficient (Wildman–Crippen LogP) is 1.91. The zero-order valence-corrected chi connectivity index (χ0v) is 12.7. The lowest BCUT2D eigenvalue weighted by molar-refractivity contribution is -0.130. The molecule has 0 spiro atoms. The van der Waals surface area contributed by atoms with E-state index in [4.69, 9.17) is 0 Å². The number of carbonyl (C=O) groups is 1. The van der Waals surface area contributed by atoms with Gasteiger partial charge in [-0.15, -0.1) is 0 Å². The topological polar surface area (TPSA) is 35.6 Å². The molecule has 1 aliphatic heterocycles. The average Bonchev–Trinajstić information content (AvgIpc) is 2.42. The molecule has 2 rings (SSSR count). The van der Waals surface area contributed by atoms with Gasteiger partial charge >= 0.3 is 0 Å². The minimum absolute atomic E-state index is 0.00128. The molecule has 20 heavy (non-hydrogen) atoms. The van der Waals surface area contributed by atoms with Crippen molar-refractivity contribution in [2.75, 3.05) is 45.1 Å². The lowest BCUT2D eigenvalue weighted by atomic mass is 10.3. The van der Waals surface area contributed by atoms with Crippen LogP contribution in [0, 0.1) is 11.6 Å². The molecule has 0 radical (unpaired) electrons. The number of rotatable bonds is 3. The van der Waals surface area contributed by atoms with E-state index in [1.807, 2.05) is 7.05 Å². The number of piperazine rings is 1. The van der Waals surface area contributed by atoms with Crippen LogP contribution in [0.2, 0.25) is 0 Å². The Bertz CT molecular complexity index is 505. The lowest BCUT2D eigenvalue weighted by Crippen LogP contribution is -2.48. The first-order chi connectivity index (χ1) is 9.47. The number of likely N-dealkylation sites (N-methyl/N-ethyl adjacent to an activating group) is 1. The molecule has 110 valence electrons. The van der Waals surface area contributed by atoms with Crippen molar-refractivity contribution in [2.45, 2.75) is 0 Å². The van der Waals surface area contributed by atoms with Crippen LogP contribution in [0.3, 0.4) is 0 Å². The largest absolute Gasteiger partial charge is 0.374 e. The van der Waals surface area contributed by atoms with E-state index < -0.39 is 11.6 Å². The van der Waals surface area contributed by atoms with E-state index in [0.29, 0.717) is 13.1 Å². The molecule has 0 aliphatic carbocycles. The van der Waals surface area contributed by atoms with E-state index in [9.17, 15) is 13.6 Å². The molecule has 1 heterocycles. The van der Waals surface area contributed by atoms with Crippen LogP contribution in [-0.4, -0.2) is 55.5 Å². The van der Waals surface area contributed by atoms with Crippen LogP contribution >= 0.6 is 15.9 Å². The molecule has 0 atom stereocenters. The molecule has 0 bridgehead atoms. The Morgan fingerprint density at radius 3 is 2.55 bits per heavy atom. The summed E-state index contributed by atoms with van der Waals surface area (Å²) in [7, 11) is 2.01. The number of halogens is 3. The maximum atomic E-state index is 13.5. The second-order valence-corrected chi connectivity index (χ2v) is 5.64. The average molecular weight is 348 g/mol. The number of benzene rings is 1. The first-order valence-corrected chi connectivity index (χ1v) is 7.11. The molecular weight excluding hydrogens is 332 g/mol. The molecule has 1 fully saturated rings. The Labute approximate surface area is 124 Å². The molecule has 1 amide bonds. The highest BCUT2D eigenvalue weighted by atomic mass is 79.9. The van der Waals surface area contributed by atoms with Gasteiger partial charge in [-0.3, -0.25) is 4.79 Å². The third-order valence-corrected chi connectivity index (χ3v) is 3.90. The maximum Gasteiger partial charge on any atom is 0.241 e. The number of anilines is 1. The number of nitrogens with zero attached hydrogens (tertiary/aromatic N) is 2. The molecule has 7 heteroatoms. The summed E-state index contributed by atoms with van der Waals surface area (Å²) < 4.78 is 26.8. The molecule has 4 nitrogen and oxygen atoms in total. The molecule has 1 aromatic rings. The predicted molar refractivity (Wildman–Crippen MR) is 76.6 cm³/mol. The fraction of sp³-hybridized carbons (Fsp3) is 0.462. The van der Waals surface area contributed by atoms with Crippen LogP contribution in [0.4, 0.5) is 14.5 Å². The van der Waals surface area contributed by atoms with Gasteiger partial charge in [0, 0.05) is 32.2 Å². The van der Waals surface area contributed by atoms with Crippen molar-refractivity contribution < 1.29 is 13.6 Å². The third kappa shape index (κ3) is 3.67. The Kier molecular flexibility index (Phi) is 4.93. The Balaban J connectivity index is 1.92. The summed E-state index contributed by atoms with van der Waals surface area (Å²) in [5, 5.41) is 2.71. The summed E-state index contributed by atoms with van der Waals surface area (Å²) in [6, 6.07) is 2.08. The zero-order valence-electron chi connectivity index (χ0n) is 11.1. The number of hydrogen-bond acceptors (Lipinski definition) is 3. The summed E-state index contributed by atoms with van der Waals surface area (Å²) in [5.74, 6) is -1.46. The summed E-state index contributed by atoms with van der Waals surface area (Å²) in [4.78, 5) is 15.9. The standard InChI is InChI=1S/C13H16BrF2N3O/c1-18-2-4-19(5-3-18)13(20)8-17-12-6-9(14)10(15)7-11(12)16/h6-7,17H,2-5,8H2,1H3. The van der Waals surface area contributed by atoms with Gasteiger partial charge in [0.2, 0.25) is 5.91 Å². The fourth-order valence-electron chi connectivity index (χ4n) is 2.00. The van der Waals surface area contributed by atoms with E-state index >= 15 is 0 Å². The first-order valence-electron chi connectivity index (χ1n) is 6.32. The summed E-state index contributed by atoms with van der Waals surface area (Å²) in [5.41, 5.74) is 0.112. The fourth-order valence-corrected chi connectivity index (χ4v) is 2.34. The van der Waals surface area contributed by atoms with Crippen LogP contribution in [0.5, 0.6) is 0 Å². The summed E-state index contributed by atoms with van der Waals surface area (Å²) in [6.07, 6.45) is 0. The molecule has 1 aromatic carbocycles. The smallest absolute Gasteiger partial charge is 0.241 e. The number of carbonyl (C=O) groups excluding carboxylic acids is 1. The van der Waals surface area contributed by atoms with Gasteiger partial charge in [0.1, 0.15) is 11.6 Å². The molecule has 1 saturated heterocycles. The second-order valence-electron chi connectivity index (χ2n) is 4.78. The van der Waals surface area contributed by atoms with Crippen molar-refractivity contribution in [1.29, 1.82) is 0 Å². The highest BCUT2D eigenvalue weighted by Gasteiger charge is 2.19. The van der Waals surface area contributed by atoms with E-state index in [2.05, 4.69) is 26.1 Å². The van der Waals surface area contributed by atoms with Crippen molar-refractivity contribution in [3.05, 3.63) is 28.2 Å². The van der Waals surface area contributed by atoms with Gasteiger partial charge in [0.15, 0.2) is 0 Å². The van der Waals surface area contributed by atoms with Gasteiger partial charge in [-0.25, -0.2) is 8.78 Å². The molecule has 1 aliphatic rings. The van der Waals surface area contributed by atoms with Crippen LogP contribution < -0.4 is 5.32 Å². The summed E-state index contributed by atoms with van der Waals surface area (Å²) in [6.45, 7) is 3.02. The quantitative estimate of drug-likeness (QED) is 0.848. The minimum atomic E-state index is -0.711. The molecule has 0 saturated carbocycles. The van der Waals surface area contributed by atoms with Crippen LogP contribution in [0.25, 0.3) is 0 Å². The molecule has 1 N–H and O–H groups in total. The highest BCUT2D eigenvalue weighted by molar-refractivity contribution is 9.10. The summed E-state index contributed by atoms with van der Waals surface area (Å²) >= 11 is 2.99.